The molecule has 3 rings (SSSR count). The minimum atomic E-state index is -0.392. The molecular formula is C15H24N6O. The molecule has 1 aliphatic heterocycles. The van der Waals surface area contributed by atoms with Gasteiger partial charge in [0.15, 0.2) is 0 Å². The molecule has 0 bridgehead atoms. The van der Waals surface area contributed by atoms with Crippen molar-refractivity contribution in [2.75, 3.05) is 31.5 Å². The second-order valence-electron chi connectivity index (χ2n) is 6.28. The summed E-state index contributed by atoms with van der Waals surface area (Å²) in [6, 6.07) is 2.00. The van der Waals surface area contributed by atoms with Gasteiger partial charge in [-0.1, -0.05) is 13.8 Å². The van der Waals surface area contributed by atoms with E-state index < -0.39 is 6.10 Å². The summed E-state index contributed by atoms with van der Waals surface area (Å²) >= 11 is 0. The third-order valence-electron chi connectivity index (χ3n) is 4.07. The SMILES string of the molecule is CC(C)c1cc(NCC(O)CN2CCCC2)c2nncn2n1. The molecule has 1 fully saturated rings. The predicted octanol–water partition coefficient (Wildman–Crippen LogP) is 1.12. The monoisotopic (exact) mass is 304 g/mol. The summed E-state index contributed by atoms with van der Waals surface area (Å²) in [4.78, 5) is 2.31. The van der Waals surface area contributed by atoms with Crippen LogP contribution in [-0.4, -0.2) is 62.1 Å². The zero-order valence-electron chi connectivity index (χ0n) is 13.2. The van der Waals surface area contributed by atoms with Crippen LogP contribution in [0.3, 0.4) is 0 Å². The van der Waals surface area contributed by atoms with Gasteiger partial charge in [-0.2, -0.15) is 9.61 Å². The Balaban J connectivity index is 1.68. The summed E-state index contributed by atoms with van der Waals surface area (Å²) in [6.07, 6.45) is 3.69. The van der Waals surface area contributed by atoms with Crippen LogP contribution < -0.4 is 5.32 Å². The van der Waals surface area contributed by atoms with Crippen LogP contribution in [0.25, 0.3) is 5.65 Å². The van der Waals surface area contributed by atoms with Crippen LogP contribution in [0.4, 0.5) is 5.69 Å². The van der Waals surface area contributed by atoms with Crippen LogP contribution in [0, 0.1) is 0 Å². The average molecular weight is 304 g/mol. The van der Waals surface area contributed by atoms with Gasteiger partial charge in [-0.05, 0) is 37.9 Å². The largest absolute Gasteiger partial charge is 0.390 e. The zero-order chi connectivity index (χ0) is 15.5. The Kier molecular flexibility index (Phi) is 4.54. The van der Waals surface area contributed by atoms with E-state index in [1.54, 1.807) is 10.8 Å². The highest BCUT2D eigenvalue weighted by Crippen LogP contribution is 2.20. The molecule has 2 N–H and O–H groups in total. The second kappa shape index (κ2) is 6.58. The Hall–Kier alpha value is -1.73. The van der Waals surface area contributed by atoms with E-state index in [1.165, 1.54) is 12.8 Å². The standard InChI is InChI=1S/C15H24N6O/c1-11(2)13-7-14(15-18-17-10-21(15)19-13)16-8-12(22)9-20-5-3-4-6-20/h7,10-12,16,22H,3-6,8-9H2,1-2H3. The number of aliphatic hydroxyl groups is 1. The fraction of sp³-hybridized carbons (Fsp3) is 0.667. The number of anilines is 1. The Labute approximate surface area is 130 Å². The van der Waals surface area contributed by atoms with Crippen molar-refractivity contribution in [1.82, 2.24) is 24.7 Å². The molecule has 0 amide bonds. The van der Waals surface area contributed by atoms with Crippen LogP contribution in [0.15, 0.2) is 12.4 Å². The maximum atomic E-state index is 10.2. The smallest absolute Gasteiger partial charge is 0.200 e. The molecule has 22 heavy (non-hydrogen) atoms. The number of hydrogen-bond acceptors (Lipinski definition) is 6. The fourth-order valence-electron chi connectivity index (χ4n) is 2.81. The molecule has 0 saturated carbocycles. The maximum absolute atomic E-state index is 10.2. The number of β-amino-alcohol motifs (C(OH)–C–C–N with tert-alkyl or cyclic N) is 1. The van der Waals surface area contributed by atoms with Gasteiger partial charge in [0, 0.05) is 13.1 Å². The van der Waals surface area contributed by atoms with Gasteiger partial charge in [-0.3, -0.25) is 0 Å². The first-order valence-electron chi connectivity index (χ1n) is 7.98. The van der Waals surface area contributed by atoms with Gasteiger partial charge < -0.3 is 15.3 Å². The Morgan fingerprint density at radius 1 is 1.32 bits per heavy atom. The quantitative estimate of drug-likeness (QED) is 0.832. The molecule has 1 aliphatic rings. The number of nitrogens with one attached hydrogen (secondary N) is 1. The Morgan fingerprint density at radius 2 is 2.09 bits per heavy atom. The predicted molar refractivity (Wildman–Crippen MR) is 85.0 cm³/mol. The van der Waals surface area contributed by atoms with E-state index in [2.05, 4.69) is 39.4 Å². The highest BCUT2D eigenvalue weighted by atomic mass is 16.3. The highest BCUT2D eigenvalue weighted by molar-refractivity contribution is 5.66. The van der Waals surface area contributed by atoms with Gasteiger partial charge in [-0.25, -0.2) is 0 Å². The van der Waals surface area contributed by atoms with Crippen LogP contribution in [0.2, 0.25) is 0 Å². The molecule has 3 heterocycles. The molecule has 2 aromatic heterocycles. The third-order valence-corrected chi connectivity index (χ3v) is 4.07. The topological polar surface area (TPSA) is 78.6 Å². The Morgan fingerprint density at radius 3 is 2.82 bits per heavy atom. The van der Waals surface area contributed by atoms with E-state index in [-0.39, 0.29) is 0 Å². The summed E-state index contributed by atoms with van der Waals surface area (Å²) in [7, 11) is 0. The van der Waals surface area contributed by atoms with Gasteiger partial charge >= 0.3 is 0 Å². The lowest BCUT2D eigenvalue weighted by Gasteiger charge is -2.20. The first-order chi connectivity index (χ1) is 10.6. The molecular weight excluding hydrogens is 280 g/mol. The molecule has 7 nitrogen and oxygen atoms in total. The lowest BCUT2D eigenvalue weighted by atomic mass is 10.1. The summed E-state index contributed by atoms with van der Waals surface area (Å²) in [6.45, 7) is 7.62. The van der Waals surface area contributed by atoms with Gasteiger partial charge in [0.1, 0.15) is 6.33 Å². The van der Waals surface area contributed by atoms with E-state index >= 15 is 0 Å². The van der Waals surface area contributed by atoms with Crippen molar-refractivity contribution in [2.24, 2.45) is 0 Å². The number of likely N-dealkylation sites (tertiary alicyclic amines) is 1. The van der Waals surface area contributed by atoms with Crippen molar-refractivity contribution in [3.05, 3.63) is 18.1 Å². The van der Waals surface area contributed by atoms with Crippen molar-refractivity contribution in [3.63, 3.8) is 0 Å². The van der Waals surface area contributed by atoms with Crippen molar-refractivity contribution in [3.8, 4) is 0 Å². The van der Waals surface area contributed by atoms with Crippen molar-refractivity contribution >= 4 is 11.3 Å². The number of fused-ring (bicyclic) bond motifs is 1. The molecule has 7 heteroatoms. The number of rotatable bonds is 6. The summed E-state index contributed by atoms with van der Waals surface area (Å²) in [5, 5.41) is 26.0. The lowest BCUT2D eigenvalue weighted by Crippen LogP contribution is -2.34. The van der Waals surface area contributed by atoms with E-state index in [1.807, 2.05) is 6.07 Å². The molecule has 0 aromatic carbocycles. The van der Waals surface area contributed by atoms with E-state index in [0.29, 0.717) is 18.1 Å². The van der Waals surface area contributed by atoms with Crippen molar-refractivity contribution in [1.29, 1.82) is 0 Å². The fourth-order valence-corrected chi connectivity index (χ4v) is 2.81. The van der Waals surface area contributed by atoms with Gasteiger partial charge in [0.2, 0.25) is 5.65 Å². The maximum Gasteiger partial charge on any atom is 0.200 e. The number of aliphatic hydroxyl groups excluding tert-OH is 1. The molecule has 1 saturated heterocycles. The minimum Gasteiger partial charge on any atom is -0.390 e. The van der Waals surface area contributed by atoms with Crippen LogP contribution >= 0.6 is 0 Å². The highest BCUT2D eigenvalue weighted by Gasteiger charge is 2.16. The van der Waals surface area contributed by atoms with Crippen LogP contribution in [0.5, 0.6) is 0 Å². The van der Waals surface area contributed by atoms with E-state index in [4.69, 9.17) is 0 Å². The molecule has 1 atom stereocenters. The average Bonchev–Trinajstić information content (AvgIpc) is 3.15. The molecule has 0 aliphatic carbocycles. The molecule has 120 valence electrons. The Bertz CT molecular complexity index is 620. The summed E-state index contributed by atoms with van der Waals surface area (Å²) in [5.74, 6) is 0.321. The molecule has 0 radical (unpaired) electrons. The summed E-state index contributed by atoms with van der Waals surface area (Å²) in [5.41, 5.74) is 2.54. The first kappa shape index (κ1) is 15.2. The summed E-state index contributed by atoms with van der Waals surface area (Å²) < 4.78 is 1.69. The van der Waals surface area contributed by atoms with Gasteiger partial charge in [-0.15, -0.1) is 10.2 Å². The molecule has 0 spiro atoms. The minimum absolute atomic E-state index is 0.321. The molecule has 1 unspecified atom stereocenters. The third kappa shape index (κ3) is 3.36. The van der Waals surface area contributed by atoms with Crippen LogP contribution in [-0.2, 0) is 0 Å². The van der Waals surface area contributed by atoms with E-state index in [9.17, 15) is 5.11 Å². The number of hydrogen-bond donors (Lipinski definition) is 2. The van der Waals surface area contributed by atoms with Crippen molar-refractivity contribution < 1.29 is 5.11 Å². The number of aromatic nitrogens is 4. The van der Waals surface area contributed by atoms with Gasteiger partial charge in [0.05, 0.1) is 17.5 Å². The first-order valence-corrected chi connectivity index (χ1v) is 7.98. The van der Waals surface area contributed by atoms with Crippen molar-refractivity contribution in [2.45, 2.75) is 38.7 Å². The second-order valence-corrected chi connectivity index (χ2v) is 6.28. The molecule has 2 aromatic rings. The van der Waals surface area contributed by atoms with Gasteiger partial charge in [0.25, 0.3) is 0 Å². The number of nitrogens with zero attached hydrogens (tertiary/aromatic N) is 5. The zero-order valence-corrected chi connectivity index (χ0v) is 13.2. The normalized spacial score (nSPS) is 17.5. The lowest BCUT2D eigenvalue weighted by molar-refractivity contribution is 0.135. The van der Waals surface area contributed by atoms with E-state index in [0.717, 1.165) is 31.0 Å². The van der Waals surface area contributed by atoms with Crippen LogP contribution in [0.1, 0.15) is 38.3 Å².